The van der Waals surface area contributed by atoms with E-state index >= 15 is 0 Å². The summed E-state index contributed by atoms with van der Waals surface area (Å²) < 4.78 is 37.6. The number of nitrogens with one attached hydrogen (secondary N) is 2. The minimum Gasteiger partial charge on any atom is -0.375 e. The first-order valence-electron chi connectivity index (χ1n) is 5.59. The predicted octanol–water partition coefficient (Wildman–Crippen LogP) is 1.06. The van der Waals surface area contributed by atoms with Crippen LogP contribution >= 0.6 is 24.4 Å². The van der Waals surface area contributed by atoms with E-state index < -0.39 is 11.7 Å². The number of rotatable bonds is 4. The monoisotopic (exact) mass is 348 g/mol. The average molecular weight is 348 g/mol. The van der Waals surface area contributed by atoms with Gasteiger partial charge in [-0.25, -0.2) is 0 Å². The molecule has 1 rings (SSSR count). The maximum atomic E-state index is 12.5. The summed E-state index contributed by atoms with van der Waals surface area (Å²) in [4.78, 5) is 0. The first-order valence-corrected chi connectivity index (χ1v) is 6.41. The molecule has 0 aromatic heterocycles. The van der Waals surface area contributed by atoms with E-state index in [9.17, 15) is 13.2 Å². The lowest BCUT2D eigenvalue weighted by Gasteiger charge is -2.08. The average Bonchev–Trinajstić information content (AvgIpc) is 2.41. The summed E-state index contributed by atoms with van der Waals surface area (Å²) >= 11 is 9.16. The lowest BCUT2D eigenvalue weighted by Crippen LogP contribution is -2.27. The Morgan fingerprint density at radius 3 is 2.05 bits per heavy atom. The molecular weight excluding hydrogens is 337 g/mol. The van der Waals surface area contributed by atoms with Crippen LogP contribution in [0.15, 0.2) is 34.5 Å². The fraction of sp³-hybridized carbons (Fsp3) is 0.0909. The molecule has 0 saturated carbocycles. The van der Waals surface area contributed by atoms with E-state index in [-0.39, 0.29) is 15.9 Å². The molecule has 0 saturated heterocycles. The Morgan fingerprint density at radius 1 is 1.05 bits per heavy atom. The van der Waals surface area contributed by atoms with Crippen LogP contribution in [0.1, 0.15) is 11.1 Å². The largest absolute Gasteiger partial charge is 0.416 e. The first kappa shape index (κ1) is 17.8. The second kappa shape index (κ2) is 7.66. The number of nitrogens with two attached hydrogens (primary N) is 2. The summed E-state index contributed by atoms with van der Waals surface area (Å²) in [7, 11) is 0. The molecule has 1 aromatic rings. The van der Waals surface area contributed by atoms with Gasteiger partial charge in [0.2, 0.25) is 0 Å². The van der Waals surface area contributed by atoms with E-state index in [1.165, 1.54) is 18.3 Å². The lowest BCUT2D eigenvalue weighted by molar-refractivity contribution is -0.137. The van der Waals surface area contributed by atoms with Gasteiger partial charge < -0.3 is 11.5 Å². The fourth-order valence-electron chi connectivity index (χ4n) is 1.27. The number of thiocarbonyl (C=S) groups is 2. The molecule has 0 radical (unpaired) electrons. The number of nitrogens with zero attached hydrogens (tertiary/aromatic N) is 2. The normalized spacial score (nSPS) is 12.2. The molecule has 118 valence electrons. The lowest BCUT2D eigenvalue weighted by atomic mass is 10.1. The molecule has 0 aliphatic rings. The van der Waals surface area contributed by atoms with Gasteiger partial charge in [-0.3, -0.25) is 10.9 Å². The third kappa shape index (κ3) is 6.01. The molecular formula is C11H11F3N6S2. The Labute approximate surface area is 134 Å². The van der Waals surface area contributed by atoms with Gasteiger partial charge in [0.25, 0.3) is 0 Å². The van der Waals surface area contributed by atoms with Crippen molar-refractivity contribution in [1.29, 1.82) is 0 Å². The van der Waals surface area contributed by atoms with E-state index in [1.807, 2.05) is 0 Å². The standard InChI is InChI=1S/C11H11F3N6S2/c12-11(13,14)7-3-1-6(2-4-7)8(18-20-10(16)22)5-17-19-9(15)21/h1-5H,(H3,15,19,21)(H3,16,20,22). The number of hydrazone groups is 2. The Balaban J connectivity index is 3.05. The molecule has 6 N–H and O–H groups in total. The molecule has 0 fully saturated rings. The van der Waals surface area contributed by atoms with Gasteiger partial charge in [-0.15, -0.1) is 0 Å². The van der Waals surface area contributed by atoms with Crippen LogP contribution in [0.2, 0.25) is 0 Å². The van der Waals surface area contributed by atoms with Crippen molar-refractivity contribution in [2.75, 3.05) is 0 Å². The number of halogens is 3. The van der Waals surface area contributed by atoms with E-state index in [0.29, 0.717) is 5.56 Å². The van der Waals surface area contributed by atoms with Crippen LogP contribution in [-0.2, 0) is 6.18 Å². The van der Waals surface area contributed by atoms with Crippen LogP contribution in [0, 0.1) is 0 Å². The molecule has 6 nitrogen and oxygen atoms in total. The van der Waals surface area contributed by atoms with E-state index in [4.69, 9.17) is 11.5 Å². The van der Waals surface area contributed by atoms with Crippen molar-refractivity contribution in [3.8, 4) is 0 Å². The van der Waals surface area contributed by atoms with Crippen LogP contribution in [0.5, 0.6) is 0 Å². The predicted molar refractivity (Wildman–Crippen MR) is 86.3 cm³/mol. The number of alkyl halides is 3. The summed E-state index contributed by atoms with van der Waals surface area (Å²) in [6.45, 7) is 0. The summed E-state index contributed by atoms with van der Waals surface area (Å²) in [5.41, 5.74) is 14.8. The first-order chi connectivity index (χ1) is 10.2. The third-order valence-electron chi connectivity index (χ3n) is 2.16. The summed E-state index contributed by atoms with van der Waals surface area (Å²) in [5, 5.41) is 7.32. The minimum atomic E-state index is -4.42. The second-order valence-corrected chi connectivity index (χ2v) is 4.66. The van der Waals surface area contributed by atoms with Gasteiger partial charge >= 0.3 is 6.18 Å². The molecule has 0 atom stereocenters. The van der Waals surface area contributed by atoms with Crippen molar-refractivity contribution < 1.29 is 13.2 Å². The SMILES string of the molecule is NC(=S)NN=CC(=NNC(N)=S)c1ccc(C(F)(F)F)cc1. The molecule has 11 heteroatoms. The van der Waals surface area contributed by atoms with Gasteiger partial charge in [0.05, 0.1) is 11.8 Å². The van der Waals surface area contributed by atoms with Gasteiger partial charge in [-0.05, 0) is 36.6 Å². The van der Waals surface area contributed by atoms with Gasteiger partial charge in [-0.1, -0.05) is 12.1 Å². The Kier molecular flexibility index (Phi) is 6.19. The van der Waals surface area contributed by atoms with Crippen molar-refractivity contribution >= 4 is 46.6 Å². The second-order valence-electron chi connectivity index (χ2n) is 3.78. The number of hydrogen-bond donors (Lipinski definition) is 4. The zero-order chi connectivity index (χ0) is 16.8. The van der Waals surface area contributed by atoms with Crippen molar-refractivity contribution in [2.45, 2.75) is 6.18 Å². The fourth-order valence-corrected chi connectivity index (χ4v) is 1.37. The summed E-state index contributed by atoms with van der Waals surface area (Å²) in [6, 6.07) is 4.30. The maximum Gasteiger partial charge on any atom is 0.416 e. The smallest absolute Gasteiger partial charge is 0.375 e. The van der Waals surface area contributed by atoms with Gasteiger partial charge in [0.1, 0.15) is 5.71 Å². The molecule has 0 amide bonds. The highest BCUT2D eigenvalue weighted by Gasteiger charge is 2.30. The Bertz CT molecular complexity index is 609. The van der Waals surface area contributed by atoms with Crippen LogP contribution in [0.25, 0.3) is 0 Å². The van der Waals surface area contributed by atoms with Crippen LogP contribution < -0.4 is 22.3 Å². The highest BCUT2D eigenvalue weighted by atomic mass is 32.1. The van der Waals surface area contributed by atoms with E-state index in [1.54, 1.807) is 0 Å². The zero-order valence-electron chi connectivity index (χ0n) is 10.9. The third-order valence-corrected chi connectivity index (χ3v) is 2.34. The van der Waals surface area contributed by atoms with E-state index in [2.05, 4.69) is 45.5 Å². The van der Waals surface area contributed by atoms with Crippen LogP contribution in [0.4, 0.5) is 13.2 Å². The molecule has 0 aliphatic carbocycles. The highest BCUT2D eigenvalue weighted by molar-refractivity contribution is 7.80. The van der Waals surface area contributed by atoms with Crippen LogP contribution in [-0.4, -0.2) is 22.2 Å². The Morgan fingerprint density at radius 2 is 1.59 bits per heavy atom. The van der Waals surface area contributed by atoms with Gasteiger partial charge in [0.15, 0.2) is 10.2 Å². The van der Waals surface area contributed by atoms with Gasteiger partial charge in [0, 0.05) is 5.56 Å². The van der Waals surface area contributed by atoms with Gasteiger partial charge in [-0.2, -0.15) is 23.4 Å². The van der Waals surface area contributed by atoms with Crippen molar-refractivity contribution in [2.24, 2.45) is 21.7 Å². The highest BCUT2D eigenvalue weighted by Crippen LogP contribution is 2.29. The zero-order valence-corrected chi connectivity index (χ0v) is 12.5. The minimum absolute atomic E-state index is 0.0784. The van der Waals surface area contributed by atoms with Crippen LogP contribution in [0.3, 0.4) is 0 Å². The summed E-state index contributed by atoms with van der Waals surface area (Å²) in [5.74, 6) is 0. The molecule has 0 unspecified atom stereocenters. The molecule has 0 spiro atoms. The van der Waals surface area contributed by atoms with Crippen molar-refractivity contribution in [3.05, 3.63) is 35.4 Å². The molecule has 0 bridgehead atoms. The molecule has 22 heavy (non-hydrogen) atoms. The molecule has 1 aromatic carbocycles. The summed E-state index contributed by atoms with van der Waals surface area (Å²) in [6.07, 6.45) is -3.22. The molecule has 0 aliphatic heterocycles. The number of benzene rings is 1. The maximum absolute atomic E-state index is 12.5. The van der Waals surface area contributed by atoms with E-state index in [0.717, 1.165) is 12.1 Å². The number of hydrogen-bond acceptors (Lipinski definition) is 4. The quantitative estimate of drug-likeness (QED) is 0.369. The topological polar surface area (TPSA) is 101 Å². The van der Waals surface area contributed by atoms with Crippen molar-refractivity contribution in [1.82, 2.24) is 10.9 Å². The Hall–Kier alpha value is -2.27. The van der Waals surface area contributed by atoms with Crippen molar-refractivity contribution in [3.63, 3.8) is 0 Å². The molecule has 0 heterocycles.